The molecule has 1 aromatic carbocycles. The first-order valence-corrected chi connectivity index (χ1v) is 6.67. The second-order valence-electron chi connectivity index (χ2n) is 4.71. The Bertz CT molecular complexity index is 369. The Labute approximate surface area is 109 Å². The molecule has 1 radical (unpaired) electrons. The highest BCUT2D eigenvalue weighted by molar-refractivity contribution is 5.94. The van der Waals surface area contributed by atoms with E-state index in [-0.39, 0.29) is 5.91 Å². The molecule has 0 unspecified atom stereocenters. The van der Waals surface area contributed by atoms with Crippen LogP contribution >= 0.6 is 0 Å². The highest BCUT2D eigenvalue weighted by atomic mass is 16.2. The van der Waals surface area contributed by atoms with Gasteiger partial charge in [-0.25, -0.2) is 0 Å². The van der Waals surface area contributed by atoms with Gasteiger partial charge in [-0.2, -0.15) is 0 Å². The van der Waals surface area contributed by atoms with E-state index in [1.165, 1.54) is 0 Å². The van der Waals surface area contributed by atoms with Crippen molar-refractivity contribution < 1.29 is 4.79 Å². The average molecular weight is 245 g/mol. The molecule has 2 rings (SSSR count). The monoisotopic (exact) mass is 245 g/mol. The molecule has 1 aromatic rings. The van der Waals surface area contributed by atoms with Crippen LogP contribution in [0.5, 0.6) is 0 Å². The zero-order valence-corrected chi connectivity index (χ0v) is 10.8. The predicted molar refractivity (Wildman–Crippen MR) is 73.4 cm³/mol. The van der Waals surface area contributed by atoms with Gasteiger partial charge in [-0.15, -0.1) is 0 Å². The zero-order valence-electron chi connectivity index (χ0n) is 10.8. The van der Waals surface area contributed by atoms with Crippen LogP contribution in [0.25, 0.3) is 0 Å². The van der Waals surface area contributed by atoms with E-state index in [4.69, 9.17) is 0 Å². The summed E-state index contributed by atoms with van der Waals surface area (Å²) in [5.41, 5.74) is 0.795. The van der Waals surface area contributed by atoms with Crippen molar-refractivity contribution in [2.45, 2.75) is 12.8 Å². The van der Waals surface area contributed by atoms with Crippen LogP contribution < -0.4 is 0 Å². The number of benzene rings is 1. The quantitative estimate of drug-likeness (QED) is 0.810. The number of hydrogen-bond acceptors (Lipinski definition) is 2. The van der Waals surface area contributed by atoms with Crippen LogP contribution in [0.2, 0.25) is 0 Å². The van der Waals surface area contributed by atoms with E-state index in [0.717, 1.165) is 51.1 Å². The molecule has 0 bridgehead atoms. The summed E-state index contributed by atoms with van der Waals surface area (Å²) < 4.78 is 0. The highest BCUT2D eigenvalue weighted by Gasteiger charge is 2.21. The van der Waals surface area contributed by atoms with Gasteiger partial charge in [-0.3, -0.25) is 9.69 Å². The van der Waals surface area contributed by atoms with Crippen LogP contribution in [-0.2, 0) is 0 Å². The molecule has 3 nitrogen and oxygen atoms in total. The Hall–Kier alpha value is -1.35. The summed E-state index contributed by atoms with van der Waals surface area (Å²) in [6, 6.07) is 9.54. The number of amides is 1. The molecule has 1 aliphatic rings. The van der Waals surface area contributed by atoms with Crippen molar-refractivity contribution in [3.05, 3.63) is 42.8 Å². The van der Waals surface area contributed by atoms with E-state index in [0.29, 0.717) is 0 Å². The van der Waals surface area contributed by atoms with Crippen molar-refractivity contribution in [2.75, 3.05) is 32.7 Å². The standard InChI is InChI=1S/C15H21N2O/c1-2-3-9-16-10-12-17(13-11-16)15(18)14-7-5-4-6-8-14/h4-8H,1-3,9-13H2. The Morgan fingerprint density at radius 3 is 2.39 bits per heavy atom. The zero-order chi connectivity index (χ0) is 12.8. The minimum Gasteiger partial charge on any atom is -0.336 e. The molecule has 1 amide bonds. The predicted octanol–water partition coefficient (Wildman–Crippen LogP) is 2.06. The number of carbonyl (C=O) groups excluding carboxylic acids is 1. The maximum Gasteiger partial charge on any atom is 0.253 e. The third kappa shape index (κ3) is 3.33. The minimum absolute atomic E-state index is 0.160. The van der Waals surface area contributed by atoms with Gasteiger partial charge in [0.2, 0.25) is 0 Å². The average Bonchev–Trinajstić information content (AvgIpc) is 2.46. The van der Waals surface area contributed by atoms with Gasteiger partial charge in [0.25, 0.3) is 5.91 Å². The number of piperazine rings is 1. The van der Waals surface area contributed by atoms with Gasteiger partial charge in [-0.05, 0) is 25.1 Å². The Morgan fingerprint density at radius 2 is 1.78 bits per heavy atom. The smallest absolute Gasteiger partial charge is 0.253 e. The number of nitrogens with zero attached hydrogens (tertiary/aromatic N) is 2. The number of carbonyl (C=O) groups is 1. The first-order valence-electron chi connectivity index (χ1n) is 6.67. The van der Waals surface area contributed by atoms with Crippen LogP contribution in [0.15, 0.2) is 30.3 Å². The molecule has 1 heterocycles. The fourth-order valence-electron chi connectivity index (χ4n) is 2.27. The lowest BCUT2D eigenvalue weighted by molar-refractivity contribution is 0.0636. The van der Waals surface area contributed by atoms with E-state index in [1.807, 2.05) is 35.2 Å². The first kappa shape index (κ1) is 13.1. The van der Waals surface area contributed by atoms with Crippen LogP contribution in [0, 0.1) is 6.92 Å². The van der Waals surface area contributed by atoms with Crippen molar-refractivity contribution in [2.24, 2.45) is 0 Å². The van der Waals surface area contributed by atoms with Crippen molar-refractivity contribution >= 4 is 5.91 Å². The van der Waals surface area contributed by atoms with Crippen LogP contribution in [0.1, 0.15) is 23.2 Å². The molecule has 0 spiro atoms. The van der Waals surface area contributed by atoms with Gasteiger partial charge >= 0.3 is 0 Å². The largest absolute Gasteiger partial charge is 0.336 e. The second kappa shape index (κ2) is 6.55. The van der Waals surface area contributed by atoms with E-state index in [1.54, 1.807) is 0 Å². The lowest BCUT2D eigenvalue weighted by atomic mass is 10.2. The van der Waals surface area contributed by atoms with Gasteiger partial charge in [0.1, 0.15) is 0 Å². The highest BCUT2D eigenvalue weighted by Crippen LogP contribution is 2.09. The van der Waals surface area contributed by atoms with E-state index >= 15 is 0 Å². The molecule has 1 saturated heterocycles. The van der Waals surface area contributed by atoms with Crippen LogP contribution in [0.4, 0.5) is 0 Å². The molecule has 0 atom stereocenters. The normalized spacial score (nSPS) is 16.8. The third-order valence-electron chi connectivity index (χ3n) is 3.40. The molecule has 0 aliphatic carbocycles. The maximum absolute atomic E-state index is 12.2. The summed E-state index contributed by atoms with van der Waals surface area (Å²) >= 11 is 0. The lowest BCUT2D eigenvalue weighted by Crippen LogP contribution is -2.48. The molecule has 1 fully saturated rings. The molecule has 97 valence electrons. The van der Waals surface area contributed by atoms with Crippen molar-refractivity contribution in [1.82, 2.24) is 9.80 Å². The fraction of sp³-hybridized carbons (Fsp3) is 0.467. The molecule has 0 aromatic heterocycles. The van der Waals surface area contributed by atoms with Gasteiger partial charge in [0, 0.05) is 31.7 Å². The number of unbranched alkanes of at least 4 members (excludes halogenated alkanes) is 1. The van der Waals surface area contributed by atoms with Crippen molar-refractivity contribution in [3.8, 4) is 0 Å². The minimum atomic E-state index is 0.160. The number of hydrogen-bond donors (Lipinski definition) is 0. The maximum atomic E-state index is 12.2. The summed E-state index contributed by atoms with van der Waals surface area (Å²) in [5, 5.41) is 0. The molecule has 0 saturated carbocycles. The SMILES string of the molecule is [CH2]CCCN1CCN(C(=O)c2ccccc2)CC1. The summed E-state index contributed by atoms with van der Waals surface area (Å²) in [7, 11) is 0. The Balaban J connectivity index is 1.84. The molecule has 3 heteroatoms. The second-order valence-corrected chi connectivity index (χ2v) is 4.71. The summed E-state index contributed by atoms with van der Waals surface area (Å²) in [6.45, 7) is 8.62. The van der Waals surface area contributed by atoms with Gasteiger partial charge < -0.3 is 4.90 Å². The third-order valence-corrected chi connectivity index (χ3v) is 3.40. The van der Waals surface area contributed by atoms with Crippen LogP contribution in [0.3, 0.4) is 0 Å². The van der Waals surface area contributed by atoms with Gasteiger partial charge in [-0.1, -0.05) is 31.5 Å². The first-order chi connectivity index (χ1) is 8.81. The molecule has 18 heavy (non-hydrogen) atoms. The molecular formula is C15H21N2O. The van der Waals surface area contributed by atoms with E-state index in [2.05, 4.69) is 11.8 Å². The number of rotatable bonds is 4. The van der Waals surface area contributed by atoms with Gasteiger partial charge in [0.05, 0.1) is 0 Å². The Morgan fingerprint density at radius 1 is 1.11 bits per heavy atom. The van der Waals surface area contributed by atoms with Gasteiger partial charge in [0.15, 0.2) is 0 Å². The fourth-order valence-corrected chi connectivity index (χ4v) is 2.27. The van der Waals surface area contributed by atoms with Crippen molar-refractivity contribution in [3.63, 3.8) is 0 Å². The van der Waals surface area contributed by atoms with E-state index in [9.17, 15) is 4.79 Å². The summed E-state index contributed by atoms with van der Waals surface area (Å²) in [4.78, 5) is 16.6. The summed E-state index contributed by atoms with van der Waals surface area (Å²) in [6.07, 6.45) is 2.13. The Kier molecular flexibility index (Phi) is 4.76. The molecular weight excluding hydrogens is 224 g/mol. The molecule has 1 aliphatic heterocycles. The summed E-state index contributed by atoms with van der Waals surface area (Å²) in [5.74, 6) is 0.160. The van der Waals surface area contributed by atoms with E-state index < -0.39 is 0 Å². The molecule has 0 N–H and O–H groups in total. The van der Waals surface area contributed by atoms with Crippen LogP contribution in [-0.4, -0.2) is 48.4 Å². The van der Waals surface area contributed by atoms with Crippen molar-refractivity contribution in [1.29, 1.82) is 0 Å². The topological polar surface area (TPSA) is 23.6 Å². The lowest BCUT2D eigenvalue weighted by Gasteiger charge is -2.34.